The molecular weight excluding hydrogens is 438 g/mol. The van der Waals surface area contributed by atoms with Gasteiger partial charge in [0.25, 0.3) is 0 Å². The van der Waals surface area contributed by atoms with Crippen molar-refractivity contribution < 1.29 is 14.3 Å². The summed E-state index contributed by atoms with van der Waals surface area (Å²) in [6.07, 6.45) is 0.618. The van der Waals surface area contributed by atoms with Crippen LogP contribution >= 0.6 is 11.6 Å². The molecule has 1 aliphatic rings. The first kappa shape index (κ1) is 21.1. The number of H-pyrrole nitrogens is 1. The molecule has 1 aliphatic heterocycles. The van der Waals surface area contributed by atoms with Gasteiger partial charge in [0.2, 0.25) is 0 Å². The fourth-order valence-electron chi connectivity index (χ4n) is 4.45. The molecule has 2 heterocycles. The minimum atomic E-state index is -0.665. The molecular formula is C26H22ClN3O3. The number of anilines is 1. The predicted octanol–water partition coefficient (Wildman–Crippen LogP) is 4.94. The smallest absolute Gasteiger partial charge is 0.313 e. The Morgan fingerprint density at radius 2 is 1.82 bits per heavy atom. The highest BCUT2D eigenvalue weighted by Gasteiger charge is 2.37. The molecule has 0 aliphatic carbocycles. The topological polar surface area (TPSA) is 74.4 Å². The van der Waals surface area contributed by atoms with E-state index < -0.39 is 17.9 Å². The minimum Gasteiger partial charge on any atom is -0.497 e. The fraction of sp³-hybridized carbons (Fsp3) is 0.154. The van der Waals surface area contributed by atoms with E-state index in [2.05, 4.69) is 10.3 Å². The molecule has 3 aromatic carbocycles. The van der Waals surface area contributed by atoms with Gasteiger partial charge in [-0.3, -0.25) is 9.59 Å². The van der Waals surface area contributed by atoms with E-state index in [1.807, 2.05) is 60.7 Å². The van der Waals surface area contributed by atoms with Gasteiger partial charge in [-0.1, -0.05) is 41.9 Å². The zero-order chi connectivity index (χ0) is 22.9. The van der Waals surface area contributed by atoms with Crippen LogP contribution in [0.5, 0.6) is 5.75 Å². The minimum absolute atomic E-state index is 0.407. The Hall–Kier alpha value is -3.77. The average molecular weight is 460 g/mol. The lowest BCUT2D eigenvalue weighted by molar-refractivity contribution is -0.144. The highest BCUT2D eigenvalue weighted by atomic mass is 35.5. The summed E-state index contributed by atoms with van der Waals surface area (Å²) in [5.74, 6) is -0.526. The predicted molar refractivity (Wildman–Crippen MR) is 129 cm³/mol. The van der Waals surface area contributed by atoms with Crippen molar-refractivity contribution in [3.05, 3.63) is 94.6 Å². The molecule has 0 radical (unpaired) electrons. The Balaban J connectivity index is 1.56. The number of hydrogen-bond acceptors (Lipinski definition) is 3. The number of halogens is 1. The van der Waals surface area contributed by atoms with Gasteiger partial charge < -0.3 is 19.9 Å². The molecule has 6 nitrogen and oxygen atoms in total. The Morgan fingerprint density at radius 1 is 1.06 bits per heavy atom. The van der Waals surface area contributed by atoms with Crippen molar-refractivity contribution in [1.29, 1.82) is 0 Å². The zero-order valence-corrected chi connectivity index (χ0v) is 18.7. The number of nitrogens with zero attached hydrogens (tertiary/aromatic N) is 1. The zero-order valence-electron chi connectivity index (χ0n) is 18.0. The summed E-state index contributed by atoms with van der Waals surface area (Å²) in [4.78, 5) is 31.3. The van der Waals surface area contributed by atoms with Crippen LogP contribution in [0.1, 0.15) is 22.9 Å². The molecule has 5 rings (SSSR count). The van der Waals surface area contributed by atoms with Gasteiger partial charge in [0, 0.05) is 33.9 Å². The van der Waals surface area contributed by atoms with Crippen molar-refractivity contribution in [3.8, 4) is 5.75 Å². The van der Waals surface area contributed by atoms with Crippen molar-refractivity contribution in [2.45, 2.75) is 12.5 Å². The number of nitrogens with one attached hydrogen (secondary N) is 2. The van der Waals surface area contributed by atoms with Crippen LogP contribution in [0, 0.1) is 0 Å². The maximum absolute atomic E-state index is 13.3. The standard InChI is InChI=1S/C26H22ClN3O3/c1-33-19-10-7-16(8-11-19)24-23-20(21-15-17(27)9-12-22(21)29-23)13-14-30(24)26(32)25(31)28-18-5-3-2-4-6-18/h2-12,15,24,29H,13-14H2,1H3,(H,28,31). The van der Waals surface area contributed by atoms with Gasteiger partial charge in [-0.05, 0) is 60.0 Å². The lowest BCUT2D eigenvalue weighted by atomic mass is 9.92. The second-order valence-corrected chi connectivity index (χ2v) is 8.39. The lowest BCUT2D eigenvalue weighted by Crippen LogP contribution is -2.45. The summed E-state index contributed by atoms with van der Waals surface area (Å²) >= 11 is 6.26. The Bertz CT molecular complexity index is 1330. The van der Waals surface area contributed by atoms with E-state index in [9.17, 15) is 9.59 Å². The van der Waals surface area contributed by atoms with Gasteiger partial charge in [-0.2, -0.15) is 0 Å². The molecule has 0 spiro atoms. The maximum Gasteiger partial charge on any atom is 0.313 e. The molecule has 4 aromatic rings. The molecule has 166 valence electrons. The van der Waals surface area contributed by atoms with Crippen molar-refractivity contribution >= 4 is 40.0 Å². The number of rotatable bonds is 3. The van der Waals surface area contributed by atoms with Gasteiger partial charge in [-0.25, -0.2) is 0 Å². The summed E-state index contributed by atoms with van der Waals surface area (Å²) in [6.45, 7) is 0.407. The summed E-state index contributed by atoms with van der Waals surface area (Å²) < 4.78 is 5.30. The number of methoxy groups -OCH3 is 1. The number of aromatic amines is 1. The van der Waals surface area contributed by atoms with E-state index >= 15 is 0 Å². The summed E-state index contributed by atoms with van der Waals surface area (Å²) in [7, 11) is 1.61. The van der Waals surface area contributed by atoms with Crippen molar-refractivity contribution in [1.82, 2.24) is 9.88 Å². The second kappa shape index (κ2) is 8.64. The van der Waals surface area contributed by atoms with Crippen LogP contribution in [-0.4, -0.2) is 35.4 Å². The number of ether oxygens (including phenoxy) is 1. The number of fused-ring (bicyclic) bond motifs is 3. The van der Waals surface area contributed by atoms with Crippen molar-refractivity contribution in [2.24, 2.45) is 0 Å². The molecule has 2 N–H and O–H groups in total. The van der Waals surface area contributed by atoms with Gasteiger partial charge in [0.1, 0.15) is 5.75 Å². The van der Waals surface area contributed by atoms with Crippen molar-refractivity contribution in [2.75, 3.05) is 19.0 Å². The Morgan fingerprint density at radius 3 is 2.55 bits per heavy atom. The summed E-state index contributed by atoms with van der Waals surface area (Å²) in [5.41, 5.74) is 4.42. The molecule has 0 fully saturated rings. The highest BCUT2D eigenvalue weighted by molar-refractivity contribution is 6.39. The van der Waals surface area contributed by atoms with Crippen LogP contribution in [0.4, 0.5) is 5.69 Å². The third kappa shape index (κ3) is 3.94. The fourth-order valence-corrected chi connectivity index (χ4v) is 4.62. The van der Waals surface area contributed by atoms with Crippen molar-refractivity contribution in [3.63, 3.8) is 0 Å². The SMILES string of the molecule is COc1ccc(C2c3[nH]c4ccc(Cl)cc4c3CCN2C(=O)C(=O)Nc2ccccc2)cc1. The van der Waals surface area contributed by atoms with E-state index in [1.165, 1.54) is 0 Å². The monoisotopic (exact) mass is 459 g/mol. The lowest BCUT2D eigenvalue weighted by Gasteiger charge is -2.35. The van der Waals surface area contributed by atoms with Crippen LogP contribution in [0.15, 0.2) is 72.8 Å². The number of aromatic nitrogens is 1. The highest BCUT2D eigenvalue weighted by Crippen LogP contribution is 2.39. The number of amides is 2. The number of carbonyl (C=O) groups is 2. The van der Waals surface area contributed by atoms with Gasteiger partial charge >= 0.3 is 11.8 Å². The molecule has 7 heteroatoms. The molecule has 33 heavy (non-hydrogen) atoms. The third-order valence-electron chi connectivity index (χ3n) is 6.01. The molecule has 2 amide bonds. The summed E-state index contributed by atoms with van der Waals surface area (Å²) in [5, 5.41) is 4.41. The molecule has 0 saturated heterocycles. The van der Waals surface area contributed by atoms with Crippen LogP contribution in [0.2, 0.25) is 5.02 Å². The van der Waals surface area contributed by atoms with Crippen LogP contribution in [0.3, 0.4) is 0 Å². The van der Waals surface area contributed by atoms with E-state index in [0.717, 1.165) is 33.5 Å². The Kier molecular flexibility index (Phi) is 5.52. The molecule has 1 unspecified atom stereocenters. The normalized spacial score (nSPS) is 15.2. The van der Waals surface area contributed by atoms with Gasteiger partial charge in [-0.15, -0.1) is 0 Å². The van der Waals surface area contributed by atoms with Gasteiger partial charge in [0.05, 0.1) is 13.2 Å². The van der Waals surface area contributed by atoms with E-state index in [-0.39, 0.29) is 0 Å². The van der Waals surface area contributed by atoms with E-state index in [0.29, 0.717) is 23.7 Å². The second-order valence-electron chi connectivity index (χ2n) is 7.95. The number of para-hydroxylation sites is 1. The molecule has 1 aromatic heterocycles. The first-order valence-corrected chi connectivity index (χ1v) is 11.0. The first-order chi connectivity index (χ1) is 16.0. The van der Waals surface area contributed by atoms with E-state index in [1.54, 1.807) is 24.1 Å². The maximum atomic E-state index is 13.3. The molecule has 0 saturated carbocycles. The third-order valence-corrected chi connectivity index (χ3v) is 6.24. The van der Waals surface area contributed by atoms with Crippen LogP contribution < -0.4 is 10.1 Å². The van der Waals surface area contributed by atoms with Gasteiger partial charge in [0.15, 0.2) is 0 Å². The number of benzene rings is 3. The Labute approximate surface area is 196 Å². The average Bonchev–Trinajstić information content (AvgIpc) is 3.21. The largest absolute Gasteiger partial charge is 0.497 e. The number of hydrogen-bond donors (Lipinski definition) is 2. The first-order valence-electron chi connectivity index (χ1n) is 10.7. The molecule has 0 bridgehead atoms. The molecule has 1 atom stereocenters. The van der Waals surface area contributed by atoms with Crippen LogP contribution in [-0.2, 0) is 16.0 Å². The van der Waals surface area contributed by atoms with Crippen LogP contribution in [0.25, 0.3) is 10.9 Å². The summed E-state index contributed by atoms with van der Waals surface area (Å²) in [6, 6.07) is 21.8. The van der Waals surface area contributed by atoms with E-state index in [4.69, 9.17) is 16.3 Å². The quantitative estimate of drug-likeness (QED) is 0.426. The number of carbonyl (C=O) groups excluding carboxylic acids is 2.